The number of nitrogens with two attached hydrogens (primary N) is 1. The molecule has 0 unspecified atom stereocenters. The van der Waals surface area contributed by atoms with Gasteiger partial charge in [-0.2, -0.15) is 0 Å². The quantitative estimate of drug-likeness (QED) is 0.697. The highest BCUT2D eigenvalue weighted by atomic mass is 16.5. The molecule has 0 aliphatic rings. The lowest BCUT2D eigenvalue weighted by atomic mass is 9.81. The average Bonchev–Trinajstić information content (AvgIpc) is 1.85. The van der Waals surface area contributed by atoms with Gasteiger partial charge < -0.3 is 10.5 Å². The Kier molecular flexibility index (Phi) is 3.27. The first-order valence-electron chi connectivity index (χ1n) is 4.06. The van der Waals surface area contributed by atoms with Gasteiger partial charge in [0.1, 0.15) is 0 Å². The van der Waals surface area contributed by atoms with Gasteiger partial charge in [0.15, 0.2) is 0 Å². The number of rotatable bonds is 4. The molecular weight excluding hydrogens is 154 g/mol. The molecule has 0 heterocycles. The molecule has 0 fully saturated rings. The number of ether oxygens (including phenoxy) is 1. The molecule has 0 aliphatic carbocycles. The van der Waals surface area contributed by atoms with Gasteiger partial charge in [-0.05, 0) is 20.3 Å². The summed E-state index contributed by atoms with van der Waals surface area (Å²) in [6.07, 6.45) is 0.631. The molecule has 72 valence electrons. The number of carbonyl (C=O) groups is 1. The van der Waals surface area contributed by atoms with E-state index in [9.17, 15) is 4.79 Å². The molecule has 2 N–H and O–H groups in total. The minimum atomic E-state index is -0.500. The van der Waals surface area contributed by atoms with Gasteiger partial charge in [0.2, 0.25) is 5.91 Å². The Bertz CT molecular complexity index is 173. The Labute approximate surface area is 74.3 Å². The van der Waals surface area contributed by atoms with Gasteiger partial charge in [0.25, 0.3) is 0 Å². The molecule has 0 aliphatic heterocycles. The largest absolute Gasteiger partial charge is 0.379 e. The Morgan fingerprint density at radius 1 is 1.33 bits per heavy atom. The monoisotopic (exact) mass is 173 g/mol. The van der Waals surface area contributed by atoms with Crippen LogP contribution >= 0.6 is 0 Å². The third-order valence-corrected chi connectivity index (χ3v) is 2.09. The van der Waals surface area contributed by atoms with Crippen LogP contribution in [0.1, 0.15) is 34.1 Å². The molecular formula is C9H19NO2. The average molecular weight is 173 g/mol. The van der Waals surface area contributed by atoms with E-state index in [4.69, 9.17) is 10.5 Å². The molecule has 0 saturated carbocycles. The predicted octanol–water partition coefficient (Wildman–Crippen LogP) is 1.31. The Morgan fingerprint density at radius 3 is 2.00 bits per heavy atom. The van der Waals surface area contributed by atoms with Gasteiger partial charge >= 0.3 is 0 Å². The molecule has 0 aromatic carbocycles. The maximum absolute atomic E-state index is 11.0. The molecule has 12 heavy (non-hydrogen) atoms. The SMILES string of the molecule is COC(C)(C)CC(C)(C)C(N)=O. The zero-order chi connectivity index (χ0) is 9.99. The fourth-order valence-corrected chi connectivity index (χ4v) is 1.22. The van der Waals surface area contributed by atoms with Crippen LogP contribution in [0.5, 0.6) is 0 Å². The van der Waals surface area contributed by atoms with Crippen molar-refractivity contribution in [3.63, 3.8) is 0 Å². The Morgan fingerprint density at radius 2 is 1.75 bits per heavy atom. The van der Waals surface area contributed by atoms with Crippen LogP contribution in [-0.4, -0.2) is 18.6 Å². The smallest absolute Gasteiger partial charge is 0.223 e. The van der Waals surface area contributed by atoms with Gasteiger partial charge in [-0.3, -0.25) is 4.79 Å². The molecule has 0 aromatic heterocycles. The summed E-state index contributed by atoms with van der Waals surface area (Å²) in [4.78, 5) is 11.0. The Hall–Kier alpha value is -0.570. The minimum Gasteiger partial charge on any atom is -0.379 e. The van der Waals surface area contributed by atoms with E-state index in [0.717, 1.165) is 0 Å². The third-order valence-electron chi connectivity index (χ3n) is 2.09. The molecule has 3 heteroatoms. The van der Waals surface area contributed by atoms with Gasteiger partial charge in [-0.25, -0.2) is 0 Å². The van der Waals surface area contributed by atoms with Crippen molar-refractivity contribution in [3.8, 4) is 0 Å². The minimum absolute atomic E-state index is 0.285. The topological polar surface area (TPSA) is 52.3 Å². The predicted molar refractivity (Wildman–Crippen MR) is 48.7 cm³/mol. The fraction of sp³-hybridized carbons (Fsp3) is 0.889. The molecule has 0 radical (unpaired) electrons. The van der Waals surface area contributed by atoms with Crippen LogP contribution in [0.25, 0.3) is 0 Å². The van der Waals surface area contributed by atoms with E-state index in [2.05, 4.69) is 0 Å². The van der Waals surface area contributed by atoms with Gasteiger partial charge in [-0.15, -0.1) is 0 Å². The van der Waals surface area contributed by atoms with E-state index < -0.39 is 5.41 Å². The summed E-state index contributed by atoms with van der Waals surface area (Å²) in [5.74, 6) is -0.285. The maximum atomic E-state index is 11.0. The third kappa shape index (κ3) is 3.22. The van der Waals surface area contributed by atoms with Crippen molar-refractivity contribution in [3.05, 3.63) is 0 Å². The zero-order valence-corrected chi connectivity index (χ0v) is 8.60. The molecule has 3 nitrogen and oxygen atoms in total. The lowest BCUT2D eigenvalue weighted by Crippen LogP contribution is -2.39. The highest BCUT2D eigenvalue weighted by Gasteiger charge is 2.32. The van der Waals surface area contributed by atoms with Crippen LogP contribution < -0.4 is 5.73 Å². The molecule has 0 spiro atoms. The van der Waals surface area contributed by atoms with Crippen LogP contribution in [0.15, 0.2) is 0 Å². The number of carbonyl (C=O) groups excluding carboxylic acids is 1. The molecule has 0 rings (SSSR count). The van der Waals surface area contributed by atoms with Crippen molar-refractivity contribution < 1.29 is 9.53 Å². The van der Waals surface area contributed by atoms with E-state index in [0.29, 0.717) is 6.42 Å². The summed E-state index contributed by atoms with van der Waals surface area (Å²) in [7, 11) is 1.64. The van der Waals surface area contributed by atoms with Crippen molar-refractivity contribution >= 4 is 5.91 Å². The van der Waals surface area contributed by atoms with Crippen LogP contribution in [0, 0.1) is 5.41 Å². The van der Waals surface area contributed by atoms with Gasteiger partial charge in [0.05, 0.1) is 5.60 Å². The van der Waals surface area contributed by atoms with Crippen molar-refractivity contribution in [2.45, 2.75) is 39.7 Å². The van der Waals surface area contributed by atoms with Crippen LogP contribution in [0.2, 0.25) is 0 Å². The normalized spacial score (nSPS) is 13.1. The summed E-state index contributed by atoms with van der Waals surface area (Å²) >= 11 is 0. The number of methoxy groups -OCH3 is 1. The van der Waals surface area contributed by atoms with Crippen molar-refractivity contribution in [1.29, 1.82) is 0 Å². The fourth-order valence-electron chi connectivity index (χ4n) is 1.22. The highest BCUT2D eigenvalue weighted by molar-refractivity contribution is 5.79. The molecule has 0 saturated heterocycles. The van der Waals surface area contributed by atoms with Gasteiger partial charge in [-0.1, -0.05) is 13.8 Å². The number of hydrogen-bond acceptors (Lipinski definition) is 2. The summed E-state index contributed by atoms with van der Waals surface area (Å²) in [5, 5.41) is 0. The van der Waals surface area contributed by atoms with Crippen molar-refractivity contribution in [2.75, 3.05) is 7.11 Å². The standard InChI is InChI=1S/C9H19NO2/c1-8(2,7(10)11)6-9(3,4)12-5/h6H2,1-5H3,(H2,10,11). The zero-order valence-electron chi connectivity index (χ0n) is 8.60. The maximum Gasteiger partial charge on any atom is 0.223 e. The lowest BCUT2D eigenvalue weighted by molar-refractivity contribution is -0.129. The van der Waals surface area contributed by atoms with Crippen LogP contribution in [-0.2, 0) is 9.53 Å². The highest BCUT2D eigenvalue weighted by Crippen LogP contribution is 2.29. The first-order chi connectivity index (χ1) is 5.21. The summed E-state index contributed by atoms with van der Waals surface area (Å²) in [6, 6.07) is 0. The van der Waals surface area contributed by atoms with E-state index in [1.807, 2.05) is 27.7 Å². The molecule has 0 bridgehead atoms. The van der Waals surface area contributed by atoms with E-state index in [-0.39, 0.29) is 11.5 Å². The van der Waals surface area contributed by atoms with Gasteiger partial charge in [0, 0.05) is 12.5 Å². The lowest BCUT2D eigenvalue weighted by Gasteiger charge is -2.31. The second-order valence-corrected chi connectivity index (χ2v) is 4.39. The number of hydrogen-bond donors (Lipinski definition) is 1. The molecule has 1 amide bonds. The van der Waals surface area contributed by atoms with Crippen LogP contribution in [0.4, 0.5) is 0 Å². The van der Waals surface area contributed by atoms with E-state index in [1.54, 1.807) is 7.11 Å². The number of primary amides is 1. The second-order valence-electron chi connectivity index (χ2n) is 4.39. The van der Waals surface area contributed by atoms with Crippen molar-refractivity contribution in [1.82, 2.24) is 0 Å². The molecule has 0 atom stereocenters. The van der Waals surface area contributed by atoms with Crippen LogP contribution in [0.3, 0.4) is 0 Å². The first kappa shape index (κ1) is 11.4. The second kappa shape index (κ2) is 3.44. The summed E-state index contributed by atoms with van der Waals surface area (Å²) < 4.78 is 5.22. The Balaban J connectivity index is 4.34. The van der Waals surface area contributed by atoms with E-state index in [1.165, 1.54) is 0 Å². The van der Waals surface area contributed by atoms with E-state index >= 15 is 0 Å². The summed E-state index contributed by atoms with van der Waals surface area (Å²) in [5.41, 5.74) is 4.44. The summed E-state index contributed by atoms with van der Waals surface area (Å²) in [6.45, 7) is 7.54. The first-order valence-corrected chi connectivity index (χ1v) is 4.06. The number of amides is 1. The molecule has 0 aromatic rings. The van der Waals surface area contributed by atoms with Crippen molar-refractivity contribution in [2.24, 2.45) is 11.1 Å².